The SMILES string of the molecule is O=C(Nc1ccc(N2CCCC2)c(Cl)c1)[C@@H]1CC(=O)N(c2ccccc2)C1. The van der Waals surface area contributed by atoms with E-state index in [9.17, 15) is 9.59 Å². The van der Waals surface area contributed by atoms with Crippen LogP contribution in [0, 0.1) is 5.92 Å². The van der Waals surface area contributed by atoms with Gasteiger partial charge in [0.15, 0.2) is 0 Å². The predicted octanol–water partition coefficient (Wildman–Crippen LogP) is 3.93. The third-order valence-electron chi connectivity index (χ3n) is 5.23. The molecule has 2 amide bonds. The monoisotopic (exact) mass is 383 g/mol. The van der Waals surface area contributed by atoms with Crippen LogP contribution >= 0.6 is 11.6 Å². The number of amides is 2. The van der Waals surface area contributed by atoms with E-state index in [2.05, 4.69) is 10.2 Å². The molecule has 2 aliphatic rings. The second-order valence-corrected chi connectivity index (χ2v) is 7.50. The number of hydrogen-bond donors (Lipinski definition) is 1. The second-order valence-electron chi connectivity index (χ2n) is 7.09. The Labute approximate surface area is 163 Å². The van der Waals surface area contributed by atoms with Crippen molar-refractivity contribution in [3.8, 4) is 0 Å². The fraction of sp³-hybridized carbons (Fsp3) is 0.333. The predicted molar refractivity (Wildman–Crippen MR) is 108 cm³/mol. The second kappa shape index (κ2) is 7.61. The highest BCUT2D eigenvalue weighted by atomic mass is 35.5. The molecule has 1 atom stereocenters. The summed E-state index contributed by atoms with van der Waals surface area (Å²) in [4.78, 5) is 28.9. The average Bonchev–Trinajstić information content (AvgIpc) is 3.32. The van der Waals surface area contributed by atoms with Gasteiger partial charge in [-0.1, -0.05) is 29.8 Å². The summed E-state index contributed by atoms with van der Waals surface area (Å²) in [6, 6.07) is 15.1. The van der Waals surface area contributed by atoms with Gasteiger partial charge in [0, 0.05) is 37.4 Å². The molecule has 4 rings (SSSR count). The van der Waals surface area contributed by atoms with Crippen LogP contribution in [0.3, 0.4) is 0 Å². The van der Waals surface area contributed by atoms with Gasteiger partial charge in [-0.25, -0.2) is 0 Å². The fourth-order valence-corrected chi connectivity index (χ4v) is 4.08. The maximum atomic E-state index is 12.6. The number of carbonyl (C=O) groups excluding carboxylic acids is 2. The molecule has 2 aliphatic heterocycles. The molecule has 1 N–H and O–H groups in total. The highest BCUT2D eigenvalue weighted by Crippen LogP contribution is 2.32. The van der Waals surface area contributed by atoms with Crippen LogP contribution in [0.5, 0.6) is 0 Å². The third-order valence-corrected chi connectivity index (χ3v) is 5.53. The molecule has 2 heterocycles. The number of anilines is 3. The standard InChI is InChI=1S/C21H22ClN3O2/c22-18-13-16(8-9-19(18)24-10-4-5-11-24)23-21(27)15-12-20(26)25(14-15)17-6-2-1-3-7-17/h1-3,6-9,13,15H,4-5,10-12,14H2,(H,23,27)/t15-/m1/s1. The summed E-state index contributed by atoms with van der Waals surface area (Å²) >= 11 is 6.42. The van der Waals surface area contributed by atoms with Gasteiger partial charge in [0.1, 0.15) is 0 Å². The quantitative estimate of drug-likeness (QED) is 0.870. The van der Waals surface area contributed by atoms with Crippen LogP contribution in [0.4, 0.5) is 17.1 Å². The first kappa shape index (κ1) is 17.9. The number of carbonyl (C=O) groups is 2. The van der Waals surface area contributed by atoms with Crippen molar-refractivity contribution in [3.05, 3.63) is 53.6 Å². The first-order valence-electron chi connectivity index (χ1n) is 9.32. The molecular weight excluding hydrogens is 362 g/mol. The zero-order valence-electron chi connectivity index (χ0n) is 15.0. The number of rotatable bonds is 4. The lowest BCUT2D eigenvalue weighted by atomic mass is 10.1. The first-order valence-corrected chi connectivity index (χ1v) is 9.70. The Morgan fingerprint density at radius 1 is 1.07 bits per heavy atom. The van der Waals surface area contributed by atoms with Crippen LogP contribution in [0.1, 0.15) is 19.3 Å². The van der Waals surface area contributed by atoms with Crippen molar-refractivity contribution in [1.82, 2.24) is 0 Å². The molecule has 2 aromatic carbocycles. The molecule has 140 valence electrons. The van der Waals surface area contributed by atoms with E-state index in [-0.39, 0.29) is 24.2 Å². The van der Waals surface area contributed by atoms with Gasteiger partial charge in [0.2, 0.25) is 11.8 Å². The largest absolute Gasteiger partial charge is 0.370 e. The van der Waals surface area contributed by atoms with E-state index in [1.807, 2.05) is 42.5 Å². The van der Waals surface area contributed by atoms with Gasteiger partial charge in [0.05, 0.1) is 16.6 Å². The van der Waals surface area contributed by atoms with Crippen molar-refractivity contribution in [2.75, 3.05) is 34.8 Å². The van der Waals surface area contributed by atoms with Crippen LogP contribution in [0.2, 0.25) is 5.02 Å². The zero-order valence-corrected chi connectivity index (χ0v) is 15.8. The van der Waals surface area contributed by atoms with Crippen molar-refractivity contribution < 1.29 is 9.59 Å². The lowest BCUT2D eigenvalue weighted by Crippen LogP contribution is -2.28. The number of para-hydroxylation sites is 1. The Hall–Kier alpha value is -2.53. The zero-order chi connectivity index (χ0) is 18.8. The lowest BCUT2D eigenvalue weighted by Gasteiger charge is -2.20. The van der Waals surface area contributed by atoms with Crippen LogP contribution < -0.4 is 15.1 Å². The van der Waals surface area contributed by atoms with Crippen LogP contribution in [-0.4, -0.2) is 31.4 Å². The lowest BCUT2D eigenvalue weighted by molar-refractivity contribution is -0.122. The summed E-state index contributed by atoms with van der Waals surface area (Å²) in [5.41, 5.74) is 2.51. The molecule has 6 heteroatoms. The van der Waals surface area contributed by atoms with Gasteiger partial charge >= 0.3 is 0 Å². The maximum absolute atomic E-state index is 12.6. The number of hydrogen-bond acceptors (Lipinski definition) is 3. The van der Waals surface area contributed by atoms with E-state index in [1.165, 1.54) is 12.8 Å². The highest BCUT2D eigenvalue weighted by molar-refractivity contribution is 6.33. The normalized spacial score (nSPS) is 19.6. The minimum Gasteiger partial charge on any atom is -0.370 e. The highest BCUT2D eigenvalue weighted by Gasteiger charge is 2.35. The van der Waals surface area contributed by atoms with E-state index in [1.54, 1.807) is 11.0 Å². The van der Waals surface area contributed by atoms with Gasteiger partial charge < -0.3 is 15.1 Å². The van der Waals surface area contributed by atoms with Crippen molar-refractivity contribution in [2.45, 2.75) is 19.3 Å². The summed E-state index contributed by atoms with van der Waals surface area (Å²) in [5.74, 6) is -0.537. The molecule has 2 fully saturated rings. The fourth-order valence-electron chi connectivity index (χ4n) is 3.78. The van der Waals surface area contributed by atoms with Gasteiger partial charge in [-0.05, 0) is 43.2 Å². The molecule has 5 nitrogen and oxygen atoms in total. The Morgan fingerprint density at radius 3 is 2.52 bits per heavy atom. The van der Waals surface area contributed by atoms with E-state index in [4.69, 9.17) is 11.6 Å². The Balaban J connectivity index is 1.42. The topological polar surface area (TPSA) is 52.7 Å². The van der Waals surface area contributed by atoms with Crippen molar-refractivity contribution in [2.24, 2.45) is 5.92 Å². The smallest absolute Gasteiger partial charge is 0.229 e. The number of nitrogens with one attached hydrogen (secondary N) is 1. The van der Waals surface area contributed by atoms with Crippen LogP contribution in [0.15, 0.2) is 48.5 Å². The number of benzene rings is 2. The van der Waals surface area contributed by atoms with Crippen LogP contribution in [-0.2, 0) is 9.59 Å². The third kappa shape index (κ3) is 3.78. The Bertz CT molecular complexity index is 850. The Kier molecular flexibility index (Phi) is 5.03. The van der Waals surface area contributed by atoms with E-state index in [0.29, 0.717) is 17.3 Å². The molecule has 0 spiro atoms. The molecule has 0 bridgehead atoms. The number of halogens is 1. The molecule has 0 aliphatic carbocycles. The van der Waals surface area contributed by atoms with Gasteiger partial charge in [-0.2, -0.15) is 0 Å². The van der Waals surface area contributed by atoms with Crippen molar-refractivity contribution in [3.63, 3.8) is 0 Å². The van der Waals surface area contributed by atoms with E-state index in [0.717, 1.165) is 24.5 Å². The average molecular weight is 384 g/mol. The molecule has 0 radical (unpaired) electrons. The molecular formula is C21H22ClN3O2. The summed E-state index contributed by atoms with van der Waals surface area (Å²) in [5, 5.41) is 3.56. The van der Waals surface area contributed by atoms with E-state index >= 15 is 0 Å². The van der Waals surface area contributed by atoms with Gasteiger partial charge in [-0.15, -0.1) is 0 Å². The number of nitrogens with zero attached hydrogens (tertiary/aromatic N) is 2. The minimum absolute atomic E-state index is 0.0243. The minimum atomic E-state index is -0.366. The van der Waals surface area contributed by atoms with Crippen LogP contribution in [0.25, 0.3) is 0 Å². The van der Waals surface area contributed by atoms with Crippen molar-refractivity contribution >= 4 is 40.5 Å². The van der Waals surface area contributed by atoms with Crippen molar-refractivity contribution in [1.29, 1.82) is 0 Å². The van der Waals surface area contributed by atoms with E-state index < -0.39 is 0 Å². The van der Waals surface area contributed by atoms with Gasteiger partial charge in [0.25, 0.3) is 0 Å². The molecule has 2 aromatic rings. The maximum Gasteiger partial charge on any atom is 0.229 e. The summed E-state index contributed by atoms with van der Waals surface area (Å²) in [7, 11) is 0. The summed E-state index contributed by atoms with van der Waals surface area (Å²) in [6.45, 7) is 2.43. The molecule has 0 aromatic heterocycles. The molecule has 2 saturated heterocycles. The van der Waals surface area contributed by atoms with Gasteiger partial charge in [-0.3, -0.25) is 9.59 Å². The summed E-state index contributed by atoms with van der Waals surface area (Å²) < 4.78 is 0. The molecule has 0 saturated carbocycles. The molecule has 27 heavy (non-hydrogen) atoms. The molecule has 0 unspecified atom stereocenters. The Morgan fingerprint density at radius 2 is 1.81 bits per heavy atom. The summed E-state index contributed by atoms with van der Waals surface area (Å²) in [6.07, 6.45) is 2.59. The first-order chi connectivity index (χ1) is 13.1.